The predicted molar refractivity (Wildman–Crippen MR) is 69.3 cm³/mol. The van der Waals surface area contributed by atoms with Gasteiger partial charge in [0, 0.05) is 13.1 Å². The molecule has 1 saturated carbocycles. The van der Waals surface area contributed by atoms with Crippen molar-refractivity contribution >= 4 is 12.0 Å². The lowest BCUT2D eigenvalue weighted by Crippen LogP contribution is -2.58. The Morgan fingerprint density at radius 1 is 1.28 bits per heavy atom. The first-order valence-electron chi connectivity index (χ1n) is 6.04. The standard InChI is InChI=1S/C13H20N2O3/c1-3-8-15(9-4-2)12(18)14-13(6-5-7-13)10-11(16)17/h3-4H,1-2,5-10H2,(H,14,18)(H,16,17). The van der Waals surface area contributed by atoms with E-state index in [0.717, 1.165) is 19.3 Å². The molecule has 18 heavy (non-hydrogen) atoms. The van der Waals surface area contributed by atoms with E-state index in [2.05, 4.69) is 18.5 Å². The highest BCUT2D eigenvalue weighted by atomic mass is 16.4. The van der Waals surface area contributed by atoms with E-state index < -0.39 is 11.5 Å². The Labute approximate surface area is 107 Å². The maximum Gasteiger partial charge on any atom is 0.318 e. The number of hydrogen-bond acceptors (Lipinski definition) is 2. The van der Waals surface area contributed by atoms with E-state index >= 15 is 0 Å². The molecule has 5 nitrogen and oxygen atoms in total. The molecule has 0 aromatic rings. The molecule has 0 aliphatic heterocycles. The third kappa shape index (κ3) is 3.61. The average Bonchev–Trinajstić information content (AvgIpc) is 2.25. The number of aliphatic carboxylic acids is 1. The van der Waals surface area contributed by atoms with Gasteiger partial charge in [0.2, 0.25) is 0 Å². The Hall–Kier alpha value is -1.78. The van der Waals surface area contributed by atoms with Gasteiger partial charge in [0.1, 0.15) is 0 Å². The van der Waals surface area contributed by atoms with Crippen molar-refractivity contribution < 1.29 is 14.7 Å². The van der Waals surface area contributed by atoms with Crippen LogP contribution in [0.4, 0.5) is 4.79 Å². The predicted octanol–water partition coefficient (Wildman–Crippen LogP) is 1.77. The van der Waals surface area contributed by atoms with Crippen LogP contribution in [0.15, 0.2) is 25.3 Å². The lowest BCUT2D eigenvalue weighted by molar-refractivity contribution is -0.139. The lowest BCUT2D eigenvalue weighted by atomic mass is 9.74. The highest BCUT2D eigenvalue weighted by Crippen LogP contribution is 2.35. The number of carboxylic acid groups (broad SMARTS) is 1. The quantitative estimate of drug-likeness (QED) is 0.678. The third-order valence-corrected chi connectivity index (χ3v) is 3.16. The van der Waals surface area contributed by atoms with Gasteiger partial charge in [-0.2, -0.15) is 0 Å². The monoisotopic (exact) mass is 252 g/mol. The van der Waals surface area contributed by atoms with Crippen LogP contribution >= 0.6 is 0 Å². The molecule has 1 aliphatic carbocycles. The summed E-state index contributed by atoms with van der Waals surface area (Å²) in [5, 5.41) is 11.7. The summed E-state index contributed by atoms with van der Waals surface area (Å²) >= 11 is 0. The number of rotatable bonds is 7. The molecule has 0 saturated heterocycles. The minimum atomic E-state index is -0.881. The van der Waals surface area contributed by atoms with Crippen LogP contribution < -0.4 is 5.32 Å². The Morgan fingerprint density at radius 2 is 1.83 bits per heavy atom. The molecule has 100 valence electrons. The Balaban J connectivity index is 2.62. The number of carbonyl (C=O) groups excluding carboxylic acids is 1. The summed E-state index contributed by atoms with van der Waals surface area (Å²) in [4.78, 5) is 24.4. The highest BCUT2D eigenvalue weighted by Gasteiger charge is 2.41. The van der Waals surface area contributed by atoms with Crippen LogP contribution in [0.3, 0.4) is 0 Å². The van der Waals surface area contributed by atoms with Gasteiger partial charge in [0.25, 0.3) is 0 Å². The number of nitrogens with one attached hydrogen (secondary N) is 1. The molecule has 2 amide bonds. The number of urea groups is 1. The van der Waals surface area contributed by atoms with Gasteiger partial charge in [-0.3, -0.25) is 4.79 Å². The zero-order chi connectivity index (χ0) is 13.6. The summed E-state index contributed by atoms with van der Waals surface area (Å²) in [7, 11) is 0. The summed E-state index contributed by atoms with van der Waals surface area (Å²) in [5.41, 5.74) is -0.566. The van der Waals surface area contributed by atoms with Crippen LogP contribution in [0.2, 0.25) is 0 Å². The van der Waals surface area contributed by atoms with Gasteiger partial charge in [-0.05, 0) is 19.3 Å². The fourth-order valence-electron chi connectivity index (χ4n) is 2.10. The zero-order valence-corrected chi connectivity index (χ0v) is 10.5. The molecule has 0 unspecified atom stereocenters. The van der Waals surface area contributed by atoms with Crippen LogP contribution in [0.25, 0.3) is 0 Å². The maximum atomic E-state index is 12.0. The van der Waals surface area contributed by atoms with Crippen LogP contribution in [-0.4, -0.2) is 40.6 Å². The molecular formula is C13H20N2O3. The topological polar surface area (TPSA) is 69.6 Å². The summed E-state index contributed by atoms with van der Waals surface area (Å²) in [6, 6.07) is -0.254. The summed E-state index contributed by atoms with van der Waals surface area (Å²) in [6.07, 6.45) is 5.65. The van der Waals surface area contributed by atoms with Crippen LogP contribution in [-0.2, 0) is 4.79 Å². The number of nitrogens with zero attached hydrogens (tertiary/aromatic N) is 1. The minimum Gasteiger partial charge on any atom is -0.481 e. The maximum absolute atomic E-state index is 12.0. The van der Waals surface area contributed by atoms with E-state index in [-0.39, 0.29) is 12.5 Å². The number of amides is 2. The molecule has 5 heteroatoms. The molecule has 1 rings (SSSR count). The first-order valence-corrected chi connectivity index (χ1v) is 6.04. The van der Waals surface area contributed by atoms with E-state index in [4.69, 9.17) is 5.11 Å². The van der Waals surface area contributed by atoms with Crippen LogP contribution in [0, 0.1) is 0 Å². The van der Waals surface area contributed by atoms with Gasteiger partial charge >= 0.3 is 12.0 Å². The molecule has 1 fully saturated rings. The van der Waals surface area contributed by atoms with Gasteiger partial charge in [0.05, 0.1) is 12.0 Å². The van der Waals surface area contributed by atoms with Crippen molar-refractivity contribution in [3.8, 4) is 0 Å². The Bertz CT molecular complexity index is 338. The molecule has 0 heterocycles. The summed E-state index contributed by atoms with van der Waals surface area (Å²) in [6.45, 7) is 8.02. The van der Waals surface area contributed by atoms with Crippen molar-refractivity contribution in [2.24, 2.45) is 0 Å². The number of hydrogen-bond donors (Lipinski definition) is 2. The van der Waals surface area contributed by atoms with Gasteiger partial charge in [0.15, 0.2) is 0 Å². The Kier molecular flexibility index (Phi) is 4.95. The third-order valence-electron chi connectivity index (χ3n) is 3.16. The molecule has 2 N–H and O–H groups in total. The van der Waals surface area contributed by atoms with Gasteiger partial charge in [-0.15, -0.1) is 13.2 Å². The molecule has 0 aromatic carbocycles. The molecule has 0 radical (unpaired) electrons. The second kappa shape index (κ2) is 6.23. The van der Waals surface area contributed by atoms with Crippen molar-refractivity contribution in [3.63, 3.8) is 0 Å². The van der Waals surface area contributed by atoms with Crippen LogP contribution in [0.1, 0.15) is 25.7 Å². The average molecular weight is 252 g/mol. The normalized spacial score (nSPS) is 16.2. The largest absolute Gasteiger partial charge is 0.481 e. The van der Waals surface area contributed by atoms with E-state index in [1.165, 1.54) is 0 Å². The van der Waals surface area contributed by atoms with E-state index in [1.54, 1.807) is 17.1 Å². The van der Waals surface area contributed by atoms with Crippen LogP contribution in [0.5, 0.6) is 0 Å². The van der Waals surface area contributed by atoms with Crippen molar-refractivity contribution in [1.82, 2.24) is 10.2 Å². The lowest BCUT2D eigenvalue weighted by Gasteiger charge is -2.42. The smallest absolute Gasteiger partial charge is 0.318 e. The van der Waals surface area contributed by atoms with Gasteiger partial charge in [-0.25, -0.2) is 4.79 Å². The molecule has 0 aromatic heterocycles. The van der Waals surface area contributed by atoms with E-state index in [0.29, 0.717) is 13.1 Å². The van der Waals surface area contributed by atoms with Gasteiger partial charge < -0.3 is 15.3 Å². The number of carboxylic acids is 1. The number of carbonyl (C=O) groups is 2. The second-order valence-electron chi connectivity index (χ2n) is 4.62. The highest BCUT2D eigenvalue weighted by molar-refractivity contribution is 5.77. The van der Waals surface area contributed by atoms with E-state index in [1.807, 2.05) is 0 Å². The first-order chi connectivity index (χ1) is 8.53. The van der Waals surface area contributed by atoms with E-state index in [9.17, 15) is 9.59 Å². The SMILES string of the molecule is C=CCN(CC=C)C(=O)NC1(CC(=O)O)CCC1. The fraction of sp³-hybridized carbons (Fsp3) is 0.538. The molecule has 0 bridgehead atoms. The fourth-order valence-corrected chi connectivity index (χ4v) is 2.10. The first kappa shape index (κ1) is 14.3. The minimum absolute atomic E-state index is 0.0191. The molecule has 0 spiro atoms. The summed E-state index contributed by atoms with van der Waals surface area (Å²) < 4.78 is 0. The van der Waals surface area contributed by atoms with Crippen molar-refractivity contribution in [1.29, 1.82) is 0 Å². The molecule has 1 aliphatic rings. The van der Waals surface area contributed by atoms with Crippen molar-refractivity contribution in [3.05, 3.63) is 25.3 Å². The van der Waals surface area contributed by atoms with Crippen molar-refractivity contribution in [2.75, 3.05) is 13.1 Å². The van der Waals surface area contributed by atoms with Gasteiger partial charge in [-0.1, -0.05) is 12.2 Å². The molecular weight excluding hydrogens is 232 g/mol. The second-order valence-corrected chi connectivity index (χ2v) is 4.62. The Morgan fingerprint density at radius 3 is 2.17 bits per heavy atom. The molecule has 0 atom stereocenters. The van der Waals surface area contributed by atoms with Crippen molar-refractivity contribution in [2.45, 2.75) is 31.2 Å². The zero-order valence-electron chi connectivity index (χ0n) is 10.5. The summed E-state index contributed by atoms with van der Waals surface area (Å²) in [5.74, 6) is -0.881.